The maximum atomic E-state index is 13.3. The van der Waals surface area contributed by atoms with Gasteiger partial charge in [-0.15, -0.1) is 0 Å². The summed E-state index contributed by atoms with van der Waals surface area (Å²) >= 11 is 0. The van der Waals surface area contributed by atoms with E-state index in [9.17, 15) is 29.2 Å². The van der Waals surface area contributed by atoms with Crippen LogP contribution in [-0.2, 0) is 9.59 Å². The largest absolute Gasteiger partial charge is 0.507 e. The molecule has 2 aromatic carbocycles. The van der Waals surface area contributed by atoms with E-state index >= 15 is 0 Å². The number of rotatable bonds is 8. The molecule has 9 heteroatoms. The van der Waals surface area contributed by atoms with Crippen molar-refractivity contribution in [2.45, 2.75) is 19.9 Å². The van der Waals surface area contributed by atoms with Crippen LogP contribution in [0.5, 0.6) is 0 Å². The Morgan fingerprint density at radius 3 is 2.41 bits per heavy atom. The van der Waals surface area contributed by atoms with Crippen LogP contribution < -0.4 is 0 Å². The molecule has 2 aromatic rings. The number of hydrogen-bond donors (Lipinski definition) is 1. The molecule has 1 aliphatic rings. The van der Waals surface area contributed by atoms with Gasteiger partial charge < -0.3 is 14.9 Å². The Morgan fingerprint density at radius 2 is 1.81 bits per heavy atom. The molecule has 1 amide bonds. The van der Waals surface area contributed by atoms with Gasteiger partial charge in [0.15, 0.2) is 0 Å². The van der Waals surface area contributed by atoms with Gasteiger partial charge in [-0.1, -0.05) is 26.0 Å². The van der Waals surface area contributed by atoms with Crippen molar-refractivity contribution in [1.82, 2.24) is 9.80 Å². The van der Waals surface area contributed by atoms with Crippen molar-refractivity contribution in [3.63, 3.8) is 0 Å². The highest BCUT2D eigenvalue weighted by molar-refractivity contribution is 6.46. The van der Waals surface area contributed by atoms with Gasteiger partial charge in [-0.05, 0) is 42.9 Å². The summed E-state index contributed by atoms with van der Waals surface area (Å²) in [5.74, 6) is -2.65. The Bertz CT molecular complexity index is 1060. The van der Waals surface area contributed by atoms with Crippen LogP contribution in [0.2, 0.25) is 0 Å². The highest BCUT2D eigenvalue weighted by atomic mass is 19.1. The number of Topliss-reactive ketones (excluding diaryl/α,β-unsaturated/α-hetero) is 1. The average molecular weight is 441 g/mol. The van der Waals surface area contributed by atoms with Gasteiger partial charge in [-0.25, -0.2) is 4.39 Å². The molecule has 0 bridgehead atoms. The topological polar surface area (TPSA) is 104 Å². The Kier molecular flexibility index (Phi) is 6.99. The zero-order valence-electron chi connectivity index (χ0n) is 17.8. The highest BCUT2D eigenvalue weighted by Crippen LogP contribution is 2.40. The molecule has 3 rings (SSSR count). The summed E-state index contributed by atoms with van der Waals surface area (Å²) in [6.07, 6.45) is 0. The lowest BCUT2D eigenvalue weighted by molar-refractivity contribution is -0.384. The van der Waals surface area contributed by atoms with Gasteiger partial charge in [0.1, 0.15) is 11.6 Å². The minimum absolute atomic E-state index is 0.170. The SMILES string of the molecule is CCN(CC)CCN1C(=O)C(=O)C(=C(O)c2ccc(F)cc2)C1c1cccc([N+](=O)[O-])c1. The monoisotopic (exact) mass is 441 g/mol. The molecule has 168 valence electrons. The van der Waals surface area contributed by atoms with Crippen LogP contribution in [0.15, 0.2) is 54.1 Å². The molecule has 1 fully saturated rings. The summed E-state index contributed by atoms with van der Waals surface area (Å²) in [4.78, 5) is 40.0. The molecule has 1 unspecified atom stereocenters. The molecule has 32 heavy (non-hydrogen) atoms. The van der Waals surface area contributed by atoms with Crippen molar-refractivity contribution in [1.29, 1.82) is 0 Å². The number of non-ortho nitro benzene ring substituents is 1. The molecular weight excluding hydrogens is 417 g/mol. The van der Waals surface area contributed by atoms with Crippen LogP contribution in [-0.4, -0.2) is 57.7 Å². The van der Waals surface area contributed by atoms with E-state index in [2.05, 4.69) is 4.90 Å². The summed E-state index contributed by atoms with van der Waals surface area (Å²) in [7, 11) is 0. The van der Waals surface area contributed by atoms with Gasteiger partial charge >= 0.3 is 0 Å². The van der Waals surface area contributed by atoms with Crippen molar-refractivity contribution in [2.75, 3.05) is 26.2 Å². The predicted octanol–water partition coefficient (Wildman–Crippen LogP) is 3.50. The fraction of sp³-hybridized carbons (Fsp3) is 0.304. The van der Waals surface area contributed by atoms with Crippen LogP contribution in [0.4, 0.5) is 10.1 Å². The first-order valence-corrected chi connectivity index (χ1v) is 10.3. The number of amides is 1. The van der Waals surface area contributed by atoms with Crippen molar-refractivity contribution in [3.8, 4) is 0 Å². The average Bonchev–Trinajstić information content (AvgIpc) is 3.04. The second kappa shape index (κ2) is 9.69. The third kappa shape index (κ3) is 4.52. The van der Waals surface area contributed by atoms with Crippen LogP contribution in [0.3, 0.4) is 0 Å². The van der Waals surface area contributed by atoms with Gasteiger partial charge in [0.25, 0.3) is 17.4 Å². The molecule has 0 spiro atoms. The number of aliphatic hydroxyl groups is 1. The number of halogens is 1. The third-order valence-electron chi connectivity index (χ3n) is 5.61. The van der Waals surface area contributed by atoms with Crippen LogP contribution in [0.25, 0.3) is 5.76 Å². The number of nitrogens with zero attached hydrogens (tertiary/aromatic N) is 3. The number of nitro groups is 1. The summed E-state index contributed by atoms with van der Waals surface area (Å²) in [5, 5.41) is 22.2. The fourth-order valence-electron chi connectivity index (χ4n) is 3.82. The third-order valence-corrected chi connectivity index (χ3v) is 5.61. The number of ketones is 1. The molecule has 0 aliphatic carbocycles. The van der Waals surface area contributed by atoms with Crippen molar-refractivity contribution >= 4 is 23.1 Å². The summed E-state index contributed by atoms with van der Waals surface area (Å²) in [5.41, 5.74) is 0.130. The lowest BCUT2D eigenvalue weighted by atomic mass is 9.95. The Hall–Kier alpha value is -3.59. The molecular formula is C23H24FN3O5. The molecule has 1 N–H and O–H groups in total. The quantitative estimate of drug-likeness (QED) is 0.221. The number of nitro benzene ring substituents is 1. The smallest absolute Gasteiger partial charge is 0.295 e. The van der Waals surface area contributed by atoms with E-state index in [1.54, 1.807) is 6.07 Å². The van der Waals surface area contributed by atoms with Gasteiger partial charge in [0.2, 0.25) is 0 Å². The molecule has 0 radical (unpaired) electrons. The first-order valence-electron chi connectivity index (χ1n) is 10.3. The maximum Gasteiger partial charge on any atom is 0.295 e. The van der Waals surface area contributed by atoms with Gasteiger partial charge in [0.05, 0.1) is 16.5 Å². The second-order valence-electron chi connectivity index (χ2n) is 7.38. The van der Waals surface area contributed by atoms with Crippen molar-refractivity contribution in [2.24, 2.45) is 0 Å². The summed E-state index contributed by atoms with van der Waals surface area (Å²) in [6.45, 7) is 6.13. The Labute approximate surface area is 184 Å². The molecule has 1 heterocycles. The Morgan fingerprint density at radius 1 is 1.16 bits per heavy atom. The predicted molar refractivity (Wildman–Crippen MR) is 116 cm³/mol. The highest BCUT2D eigenvalue weighted by Gasteiger charge is 2.46. The van der Waals surface area contributed by atoms with E-state index in [-0.39, 0.29) is 23.4 Å². The maximum absolute atomic E-state index is 13.3. The van der Waals surface area contributed by atoms with Gasteiger partial charge in [-0.3, -0.25) is 19.7 Å². The van der Waals surface area contributed by atoms with E-state index < -0.39 is 34.2 Å². The van der Waals surface area contributed by atoms with E-state index in [0.29, 0.717) is 12.1 Å². The zero-order chi connectivity index (χ0) is 23.4. The fourth-order valence-corrected chi connectivity index (χ4v) is 3.82. The van der Waals surface area contributed by atoms with Crippen LogP contribution >= 0.6 is 0 Å². The Balaban J connectivity index is 2.13. The zero-order valence-corrected chi connectivity index (χ0v) is 17.8. The van der Waals surface area contributed by atoms with Gasteiger partial charge in [0, 0.05) is 30.8 Å². The number of carbonyl (C=O) groups is 2. The molecule has 8 nitrogen and oxygen atoms in total. The normalized spacial score (nSPS) is 17.9. The van der Waals surface area contributed by atoms with E-state index in [1.165, 1.54) is 35.2 Å². The molecule has 0 aromatic heterocycles. The molecule has 0 saturated carbocycles. The van der Waals surface area contributed by atoms with E-state index in [1.807, 2.05) is 13.8 Å². The number of benzene rings is 2. The number of carbonyl (C=O) groups excluding carboxylic acids is 2. The van der Waals surface area contributed by atoms with Crippen molar-refractivity contribution < 1.29 is 24.0 Å². The standard InChI is InChI=1S/C23H24FN3O5/c1-3-25(4-2)12-13-26-20(16-6-5-7-18(14-16)27(31)32)19(22(29)23(26)30)21(28)15-8-10-17(24)11-9-15/h5-11,14,20,28H,3-4,12-13H2,1-2H3. The van der Waals surface area contributed by atoms with E-state index in [4.69, 9.17) is 0 Å². The number of likely N-dealkylation sites (tertiary alicyclic amines) is 1. The van der Waals surface area contributed by atoms with Crippen LogP contribution in [0, 0.1) is 15.9 Å². The van der Waals surface area contributed by atoms with E-state index in [0.717, 1.165) is 25.2 Å². The lowest BCUT2D eigenvalue weighted by Gasteiger charge is -2.28. The van der Waals surface area contributed by atoms with Gasteiger partial charge in [-0.2, -0.15) is 0 Å². The molecule has 1 saturated heterocycles. The lowest BCUT2D eigenvalue weighted by Crippen LogP contribution is -2.38. The minimum atomic E-state index is -1.00. The summed E-state index contributed by atoms with van der Waals surface area (Å²) < 4.78 is 13.3. The first kappa shape index (κ1) is 23.1. The second-order valence-corrected chi connectivity index (χ2v) is 7.38. The first-order chi connectivity index (χ1) is 15.3. The minimum Gasteiger partial charge on any atom is -0.507 e. The number of aliphatic hydroxyl groups excluding tert-OH is 1. The molecule has 1 aliphatic heterocycles. The number of likely N-dealkylation sites (N-methyl/N-ethyl adjacent to an activating group) is 1. The number of hydrogen-bond acceptors (Lipinski definition) is 6. The van der Waals surface area contributed by atoms with Crippen LogP contribution in [0.1, 0.15) is 31.0 Å². The molecule has 1 atom stereocenters. The summed E-state index contributed by atoms with van der Waals surface area (Å²) in [6, 6.07) is 9.51. The van der Waals surface area contributed by atoms with Crippen molar-refractivity contribution in [3.05, 3.63) is 81.2 Å².